The maximum Gasteiger partial charge on any atom is 0.294 e. The standard InChI is InChI=1S/C27H31BrN6O4/c1-26(2)19-11-32(12-20(19)26)25(36)18-7-16(28)8-21(34(37)38)23(18)31-22-13-33(14-27(22)4-5-27)24(35)15-6-17(29-3)10-30-9-15/h6-10,19-20,22,29,31H,4-5,11-14H2,1-3H3/t19?,20?,22-/m0/s1. The molecule has 2 amide bonds. The number of halogens is 1. The molecule has 0 bridgehead atoms. The van der Waals surface area contributed by atoms with Crippen molar-refractivity contribution in [2.45, 2.75) is 32.7 Å². The number of hydrogen-bond donors (Lipinski definition) is 2. The molecule has 3 heterocycles. The fourth-order valence-electron chi connectivity index (χ4n) is 6.56. The first-order valence-electron chi connectivity index (χ1n) is 13.0. The van der Waals surface area contributed by atoms with Gasteiger partial charge in [0.25, 0.3) is 17.5 Å². The van der Waals surface area contributed by atoms with E-state index < -0.39 is 4.92 Å². The van der Waals surface area contributed by atoms with Crippen LogP contribution in [0.4, 0.5) is 17.1 Å². The van der Waals surface area contributed by atoms with E-state index in [1.54, 1.807) is 36.5 Å². The molecule has 2 saturated heterocycles. The van der Waals surface area contributed by atoms with Crippen LogP contribution in [0.2, 0.25) is 0 Å². The molecule has 1 aromatic heterocycles. The third kappa shape index (κ3) is 4.02. The number of likely N-dealkylation sites (tertiary alicyclic amines) is 2. The number of hydrogen-bond acceptors (Lipinski definition) is 7. The van der Waals surface area contributed by atoms with E-state index in [4.69, 9.17) is 0 Å². The van der Waals surface area contributed by atoms with Crippen LogP contribution in [0.15, 0.2) is 35.1 Å². The van der Waals surface area contributed by atoms with E-state index in [2.05, 4.69) is 45.4 Å². The third-order valence-electron chi connectivity index (χ3n) is 9.34. The van der Waals surface area contributed by atoms with Gasteiger partial charge in [-0.2, -0.15) is 0 Å². The van der Waals surface area contributed by atoms with Crippen LogP contribution < -0.4 is 10.6 Å². The van der Waals surface area contributed by atoms with E-state index >= 15 is 0 Å². The topological polar surface area (TPSA) is 121 Å². The van der Waals surface area contributed by atoms with Crippen molar-refractivity contribution in [1.82, 2.24) is 14.8 Å². The van der Waals surface area contributed by atoms with Gasteiger partial charge in [-0.15, -0.1) is 0 Å². The number of carbonyl (C=O) groups is 2. The number of pyridine rings is 1. The highest BCUT2D eigenvalue weighted by atomic mass is 79.9. The minimum absolute atomic E-state index is 0.120. The van der Waals surface area contributed by atoms with Crippen LogP contribution >= 0.6 is 15.9 Å². The van der Waals surface area contributed by atoms with Crippen LogP contribution in [0.3, 0.4) is 0 Å². The summed E-state index contributed by atoms with van der Waals surface area (Å²) in [6, 6.07) is 4.69. The number of piperidine rings is 1. The van der Waals surface area contributed by atoms with Crippen molar-refractivity contribution < 1.29 is 14.5 Å². The summed E-state index contributed by atoms with van der Waals surface area (Å²) < 4.78 is 0.490. The first-order chi connectivity index (χ1) is 18.0. The Morgan fingerprint density at radius 2 is 1.79 bits per heavy atom. The number of fused-ring (bicyclic) bond motifs is 1. The number of anilines is 2. The summed E-state index contributed by atoms with van der Waals surface area (Å²) >= 11 is 3.38. The van der Waals surface area contributed by atoms with Crippen LogP contribution in [0.5, 0.6) is 0 Å². The van der Waals surface area contributed by atoms with Gasteiger partial charge in [0.15, 0.2) is 0 Å². The molecule has 3 atom stereocenters. The van der Waals surface area contributed by atoms with Crippen molar-refractivity contribution in [3.05, 3.63) is 56.3 Å². The first kappa shape index (κ1) is 25.1. The highest BCUT2D eigenvalue weighted by Gasteiger charge is 2.63. The first-order valence-corrected chi connectivity index (χ1v) is 13.8. The van der Waals surface area contributed by atoms with Crippen molar-refractivity contribution in [2.24, 2.45) is 22.7 Å². The lowest BCUT2D eigenvalue weighted by molar-refractivity contribution is -0.384. The van der Waals surface area contributed by atoms with Crippen LogP contribution in [-0.2, 0) is 0 Å². The van der Waals surface area contributed by atoms with Crippen molar-refractivity contribution in [2.75, 3.05) is 43.9 Å². The normalized spacial score (nSPS) is 25.7. The van der Waals surface area contributed by atoms with Gasteiger partial charge in [-0.05, 0) is 42.2 Å². The summed E-state index contributed by atoms with van der Waals surface area (Å²) in [4.78, 5) is 46.5. The Bertz CT molecular complexity index is 1350. The Balaban J connectivity index is 1.28. The summed E-state index contributed by atoms with van der Waals surface area (Å²) in [6.45, 7) is 6.76. The van der Waals surface area contributed by atoms with Crippen molar-refractivity contribution in [3.8, 4) is 0 Å². The average molecular weight is 583 g/mol. The van der Waals surface area contributed by atoms with Gasteiger partial charge >= 0.3 is 0 Å². The molecule has 200 valence electrons. The number of benzene rings is 1. The molecule has 4 aliphatic rings. The molecule has 2 N–H and O–H groups in total. The van der Waals surface area contributed by atoms with Gasteiger partial charge in [0.05, 0.1) is 27.8 Å². The molecule has 4 fully saturated rings. The Morgan fingerprint density at radius 3 is 2.42 bits per heavy atom. The molecule has 2 saturated carbocycles. The van der Waals surface area contributed by atoms with Gasteiger partial charge in [0, 0.05) is 61.6 Å². The minimum atomic E-state index is -0.444. The minimum Gasteiger partial charge on any atom is -0.387 e. The van der Waals surface area contributed by atoms with Crippen molar-refractivity contribution >= 4 is 44.8 Å². The number of aromatic nitrogens is 1. The predicted octanol–water partition coefficient (Wildman–Crippen LogP) is 4.24. The lowest BCUT2D eigenvalue weighted by atomic mass is 9.99. The van der Waals surface area contributed by atoms with Gasteiger partial charge in [-0.3, -0.25) is 24.7 Å². The summed E-state index contributed by atoms with van der Waals surface area (Å²) in [5.74, 6) is 0.645. The highest BCUT2D eigenvalue weighted by Crippen LogP contribution is 2.62. The summed E-state index contributed by atoms with van der Waals surface area (Å²) in [5.41, 5.74) is 1.74. The SMILES string of the molecule is CNc1cncc(C(=O)N2C[C@H](Nc3c(C(=O)N4CC5C(C4)C5(C)C)cc(Br)cc3[N+](=O)[O-])C3(CC3)C2)c1. The number of nitrogens with one attached hydrogen (secondary N) is 2. The zero-order chi connectivity index (χ0) is 27.0. The molecule has 2 aromatic rings. The third-order valence-corrected chi connectivity index (χ3v) is 9.80. The lowest BCUT2D eigenvalue weighted by Crippen LogP contribution is -2.35. The van der Waals surface area contributed by atoms with Crippen LogP contribution in [0.25, 0.3) is 0 Å². The fourth-order valence-corrected chi connectivity index (χ4v) is 7.01. The summed E-state index contributed by atoms with van der Waals surface area (Å²) in [6.07, 6.45) is 5.05. The van der Waals surface area contributed by atoms with Crippen LogP contribution in [0, 0.1) is 32.8 Å². The summed E-state index contributed by atoms with van der Waals surface area (Å²) in [5, 5.41) is 18.5. The molecule has 2 aliphatic carbocycles. The molecular weight excluding hydrogens is 552 g/mol. The molecule has 38 heavy (non-hydrogen) atoms. The van der Waals surface area contributed by atoms with Crippen LogP contribution in [0.1, 0.15) is 47.4 Å². The van der Waals surface area contributed by atoms with E-state index in [9.17, 15) is 19.7 Å². The number of carbonyl (C=O) groups excluding carboxylic acids is 2. The van der Waals surface area contributed by atoms with Crippen molar-refractivity contribution in [1.29, 1.82) is 0 Å². The molecule has 0 radical (unpaired) electrons. The van der Waals surface area contributed by atoms with E-state index in [0.29, 0.717) is 53.6 Å². The lowest BCUT2D eigenvalue weighted by Gasteiger charge is -2.25. The number of nitro groups is 1. The molecule has 10 nitrogen and oxygen atoms in total. The number of rotatable bonds is 6. The molecule has 6 rings (SSSR count). The number of nitro benzene ring substituents is 1. The molecular formula is C27H31BrN6O4. The molecule has 2 aliphatic heterocycles. The zero-order valence-electron chi connectivity index (χ0n) is 21.7. The molecule has 1 aromatic carbocycles. The Morgan fingerprint density at radius 1 is 1.08 bits per heavy atom. The van der Waals surface area contributed by atoms with Gasteiger partial charge in [-0.25, -0.2) is 0 Å². The quantitative estimate of drug-likeness (QED) is 0.386. The zero-order valence-corrected chi connectivity index (χ0v) is 23.2. The van der Waals surface area contributed by atoms with Gasteiger partial charge < -0.3 is 20.4 Å². The monoisotopic (exact) mass is 582 g/mol. The van der Waals surface area contributed by atoms with Gasteiger partial charge in [-0.1, -0.05) is 29.8 Å². The van der Waals surface area contributed by atoms with E-state index in [0.717, 1.165) is 18.5 Å². The van der Waals surface area contributed by atoms with E-state index in [1.165, 1.54) is 6.07 Å². The Labute approximate surface area is 229 Å². The summed E-state index contributed by atoms with van der Waals surface area (Å²) in [7, 11) is 1.77. The predicted molar refractivity (Wildman–Crippen MR) is 146 cm³/mol. The largest absolute Gasteiger partial charge is 0.387 e. The maximum absolute atomic E-state index is 13.7. The molecule has 1 spiro atoms. The molecule has 11 heteroatoms. The van der Waals surface area contributed by atoms with Crippen LogP contribution in [-0.4, -0.2) is 70.8 Å². The Hall–Kier alpha value is -3.21. The maximum atomic E-state index is 13.7. The second-order valence-corrected chi connectivity index (χ2v) is 12.7. The Kier molecular flexibility index (Phi) is 5.71. The highest BCUT2D eigenvalue weighted by molar-refractivity contribution is 9.10. The molecule has 2 unspecified atom stereocenters. The average Bonchev–Trinajstić information content (AvgIpc) is 3.59. The van der Waals surface area contributed by atoms with Crippen molar-refractivity contribution in [3.63, 3.8) is 0 Å². The number of nitrogens with zero attached hydrogens (tertiary/aromatic N) is 4. The second kappa shape index (κ2) is 8.65. The van der Waals surface area contributed by atoms with Gasteiger partial charge in [0.2, 0.25) is 0 Å². The smallest absolute Gasteiger partial charge is 0.294 e. The fraction of sp³-hybridized carbons (Fsp3) is 0.519. The number of amides is 2. The van der Waals surface area contributed by atoms with Gasteiger partial charge in [0.1, 0.15) is 5.69 Å². The van der Waals surface area contributed by atoms with E-state index in [1.807, 2.05) is 4.90 Å². The second-order valence-electron chi connectivity index (χ2n) is 11.8. The van der Waals surface area contributed by atoms with E-state index in [-0.39, 0.29) is 40.1 Å².